The number of rotatable bonds is 3. The number of carbonyl (C=O) groups is 1. The molecule has 2 rings (SSSR count). The van der Waals surface area contributed by atoms with Crippen LogP contribution in [0, 0.1) is 0 Å². The number of ketones is 1. The quantitative estimate of drug-likeness (QED) is 0.695. The summed E-state index contributed by atoms with van der Waals surface area (Å²) in [5.41, 5.74) is 7.99. The van der Waals surface area contributed by atoms with Crippen LogP contribution in [0.25, 0.3) is 0 Å². The fourth-order valence-electron chi connectivity index (χ4n) is 1.45. The summed E-state index contributed by atoms with van der Waals surface area (Å²) in [4.78, 5) is 11.9. The number of nitrogens with two attached hydrogens (primary N) is 1. The highest BCUT2D eigenvalue weighted by Crippen LogP contribution is 2.19. The van der Waals surface area contributed by atoms with Crippen molar-refractivity contribution in [3.8, 4) is 0 Å². The number of thiophene rings is 1. The highest BCUT2D eigenvalue weighted by atomic mass is 79.9. The van der Waals surface area contributed by atoms with Gasteiger partial charge in [0.25, 0.3) is 0 Å². The molecule has 0 bridgehead atoms. The molecule has 0 amide bonds. The number of benzene rings is 1. The third kappa shape index (κ3) is 2.71. The molecular weight excluding hydrogens is 286 g/mol. The normalized spacial score (nSPS) is 10.3. The molecule has 0 atom stereocenters. The Morgan fingerprint density at radius 2 is 2.19 bits per heavy atom. The number of anilines is 1. The van der Waals surface area contributed by atoms with E-state index in [0.29, 0.717) is 17.7 Å². The zero-order valence-electron chi connectivity index (χ0n) is 8.44. The molecule has 0 radical (unpaired) electrons. The summed E-state index contributed by atoms with van der Waals surface area (Å²) in [6.45, 7) is 0. The second-order valence-electron chi connectivity index (χ2n) is 3.50. The summed E-state index contributed by atoms with van der Waals surface area (Å²) in [6, 6.07) is 7.25. The molecule has 4 heteroatoms. The van der Waals surface area contributed by atoms with E-state index >= 15 is 0 Å². The van der Waals surface area contributed by atoms with Crippen LogP contribution in [0.1, 0.15) is 15.9 Å². The molecule has 1 aromatic heterocycles. The van der Waals surface area contributed by atoms with E-state index in [0.717, 1.165) is 10.0 Å². The number of Topliss-reactive ketones (excluding diaryl/α,β-unsaturated/α-hetero) is 1. The Labute approximate surface area is 106 Å². The van der Waals surface area contributed by atoms with Crippen LogP contribution >= 0.6 is 27.3 Å². The third-order valence-corrected chi connectivity index (χ3v) is 3.38. The zero-order chi connectivity index (χ0) is 11.5. The lowest BCUT2D eigenvalue weighted by molar-refractivity contribution is 0.0993. The topological polar surface area (TPSA) is 43.1 Å². The van der Waals surface area contributed by atoms with Gasteiger partial charge in [-0.25, -0.2) is 0 Å². The minimum Gasteiger partial charge on any atom is -0.399 e. The second-order valence-corrected chi connectivity index (χ2v) is 5.20. The maximum absolute atomic E-state index is 11.9. The first-order chi connectivity index (χ1) is 7.65. The van der Waals surface area contributed by atoms with E-state index in [1.807, 2.05) is 16.8 Å². The number of hydrogen-bond acceptors (Lipinski definition) is 3. The minimum absolute atomic E-state index is 0.0893. The van der Waals surface area contributed by atoms with E-state index < -0.39 is 0 Å². The van der Waals surface area contributed by atoms with Crippen LogP contribution in [0.5, 0.6) is 0 Å². The first kappa shape index (κ1) is 11.4. The van der Waals surface area contributed by atoms with Gasteiger partial charge in [0.1, 0.15) is 0 Å². The lowest BCUT2D eigenvalue weighted by Crippen LogP contribution is -2.03. The standard InChI is InChI=1S/C12H10BrNOS/c13-10-4-9(5-11(14)6-10)12(15)3-8-1-2-16-7-8/h1-2,4-7H,3,14H2. The van der Waals surface area contributed by atoms with E-state index in [-0.39, 0.29) is 5.78 Å². The summed E-state index contributed by atoms with van der Waals surface area (Å²) < 4.78 is 0.834. The van der Waals surface area contributed by atoms with E-state index in [2.05, 4.69) is 15.9 Å². The van der Waals surface area contributed by atoms with Gasteiger partial charge in [0.15, 0.2) is 5.78 Å². The van der Waals surface area contributed by atoms with Gasteiger partial charge >= 0.3 is 0 Å². The summed E-state index contributed by atoms with van der Waals surface area (Å²) in [5, 5.41) is 3.96. The van der Waals surface area contributed by atoms with Crippen LogP contribution in [0.2, 0.25) is 0 Å². The van der Waals surface area contributed by atoms with Crippen LogP contribution in [-0.2, 0) is 6.42 Å². The van der Waals surface area contributed by atoms with Gasteiger partial charge in [-0.2, -0.15) is 11.3 Å². The van der Waals surface area contributed by atoms with Crippen LogP contribution in [0.3, 0.4) is 0 Å². The minimum atomic E-state index is 0.0893. The molecule has 2 N–H and O–H groups in total. The van der Waals surface area contributed by atoms with E-state index in [1.54, 1.807) is 29.5 Å². The van der Waals surface area contributed by atoms with Gasteiger partial charge in [-0.15, -0.1) is 0 Å². The molecule has 0 saturated carbocycles. The largest absolute Gasteiger partial charge is 0.399 e. The fourth-order valence-corrected chi connectivity index (χ4v) is 2.63. The molecular formula is C12H10BrNOS. The summed E-state index contributed by atoms with van der Waals surface area (Å²) in [5.74, 6) is 0.0893. The molecule has 0 aliphatic heterocycles. The van der Waals surface area contributed by atoms with Gasteiger partial charge in [-0.05, 0) is 40.6 Å². The SMILES string of the molecule is Nc1cc(Br)cc(C(=O)Cc2ccsc2)c1. The van der Waals surface area contributed by atoms with Crippen molar-refractivity contribution in [1.82, 2.24) is 0 Å². The molecule has 0 aliphatic carbocycles. The van der Waals surface area contributed by atoms with Gasteiger partial charge in [0.2, 0.25) is 0 Å². The Morgan fingerprint density at radius 3 is 2.81 bits per heavy atom. The average molecular weight is 296 g/mol. The average Bonchev–Trinajstić information content (AvgIpc) is 2.68. The second kappa shape index (κ2) is 4.80. The van der Waals surface area contributed by atoms with Gasteiger partial charge in [0.05, 0.1) is 0 Å². The first-order valence-corrected chi connectivity index (χ1v) is 6.49. The van der Waals surface area contributed by atoms with E-state index in [1.165, 1.54) is 0 Å². The monoisotopic (exact) mass is 295 g/mol. The molecule has 0 aliphatic rings. The zero-order valence-corrected chi connectivity index (χ0v) is 10.8. The molecule has 0 saturated heterocycles. The highest BCUT2D eigenvalue weighted by Gasteiger charge is 2.08. The van der Waals surface area contributed by atoms with Crippen molar-refractivity contribution in [2.45, 2.75) is 6.42 Å². The maximum Gasteiger partial charge on any atom is 0.167 e. The van der Waals surface area contributed by atoms with E-state index in [9.17, 15) is 4.79 Å². The Morgan fingerprint density at radius 1 is 1.38 bits per heavy atom. The van der Waals surface area contributed by atoms with Crippen LogP contribution in [0.4, 0.5) is 5.69 Å². The summed E-state index contributed by atoms with van der Waals surface area (Å²) in [7, 11) is 0. The van der Waals surface area contributed by atoms with E-state index in [4.69, 9.17) is 5.73 Å². The first-order valence-electron chi connectivity index (χ1n) is 4.75. The van der Waals surface area contributed by atoms with Crippen LogP contribution in [-0.4, -0.2) is 5.78 Å². The van der Waals surface area contributed by atoms with Crippen molar-refractivity contribution in [2.24, 2.45) is 0 Å². The molecule has 1 aromatic carbocycles. The van der Waals surface area contributed by atoms with Crippen molar-refractivity contribution >= 4 is 38.7 Å². The Balaban J connectivity index is 2.21. The summed E-state index contributed by atoms with van der Waals surface area (Å²) >= 11 is 4.93. The number of halogens is 1. The lowest BCUT2D eigenvalue weighted by atomic mass is 10.0. The van der Waals surface area contributed by atoms with Crippen molar-refractivity contribution in [3.05, 3.63) is 50.6 Å². The maximum atomic E-state index is 11.9. The molecule has 0 unspecified atom stereocenters. The molecule has 1 heterocycles. The van der Waals surface area contributed by atoms with Gasteiger partial charge < -0.3 is 5.73 Å². The number of nitrogen functional groups attached to an aromatic ring is 1. The van der Waals surface area contributed by atoms with Crippen molar-refractivity contribution in [1.29, 1.82) is 0 Å². The van der Waals surface area contributed by atoms with Crippen molar-refractivity contribution in [2.75, 3.05) is 5.73 Å². The fraction of sp³-hybridized carbons (Fsp3) is 0.0833. The summed E-state index contributed by atoms with van der Waals surface area (Å²) in [6.07, 6.45) is 0.430. The smallest absolute Gasteiger partial charge is 0.167 e. The molecule has 82 valence electrons. The van der Waals surface area contributed by atoms with Gasteiger partial charge in [-0.1, -0.05) is 15.9 Å². The van der Waals surface area contributed by atoms with Gasteiger partial charge in [0, 0.05) is 22.1 Å². The van der Waals surface area contributed by atoms with Crippen LogP contribution < -0.4 is 5.73 Å². The molecule has 2 nitrogen and oxygen atoms in total. The van der Waals surface area contributed by atoms with Gasteiger partial charge in [-0.3, -0.25) is 4.79 Å². The predicted molar refractivity (Wildman–Crippen MR) is 70.9 cm³/mol. The third-order valence-electron chi connectivity index (χ3n) is 2.19. The lowest BCUT2D eigenvalue weighted by Gasteiger charge is -2.02. The molecule has 2 aromatic rings. The number of carbonyl (C=O) groups excluding carboxylic acids is 1. The number of hydrogen-bond donors (Lipinski definition) is 1. The molecule has 16 heavy (non-hydrogen) atoms. The van der Waals surface area contributed by atoms with Crippen LogP contribution in [0.15, 0.2) is 39.5 Å². The Bertz CT molecular complexity index is 487. The Hall–Kier alpha value is -1.13. The predicted octanol–water partition coefficient (Wildman–Crippen LogP) is 3.52. The van der Waals surface area contributed by atoms with Crippen molar-refractivity contribution < 1.29 is 4.79 Å². The Kier molecular flexibility index (Phi) is 3.41. The molecule has 0 spiro atoms. The highest BCUT2D eigenvalue weighted by molar-refractivity contribution is 9.10. The van der Waals surface area contributed by atoms with Crippen molar-refractivity contribution in [3.63, 3.8) is 0 Å². The molecule has 0 fully saturated rings.